The molecular formula is C10H13BrN4. The zero-order valence-corrected chi connectivity index (χ0v) is 10.5. The third kappa shape index (κ3) is 1.71. The maximum absolute atomic E-state index is 5.95. The molecule has 2 rings (SSSR count). The van der Waals surface area contributed by atoms with Crippen molar-refractivity contribution in [3.8, 4) is 0 Å². The number of anilines is 1. The van der Waals surface area contributed by atoms with Crippen LogP contribution in [0, 0.1) is 0 Å². The number of imidazole rings is 1. The van der Waals surface area contributed by atoms with Crippen LogP contribution in [0.2, 0.25) is 0 Å². The minimum Gasteiger partial charge on any atom is -0.385 e. The Morgan fingerprint density at radius 1 is 1.40 bits per heavy atom. The standard InChI is InChI=1S/C10H13BrN4/c1-10(2,3)6-4-8(12)15-7(11)5-13-9(15)14-6/h4-5H,12H2,1-3H3. The Morgan fingerprint density at radius 2 is 2.07 bits per heavy atom. The zero-order chi connectivity index (χ0) is 11.2. The molecule has 80 valence electrons. The quantitative estimate of drug-likeness (QED) is 0.798. The van der Waals surface area contributed by atoms with Crippen LogP contribution in [-0.2, 0) is 5.41 Å². The molecule has 0 aliphatic carbocycles. The first kappa shape index (κ1) is 10.4. The van der Waals surface area contributed by atoms with E-state index >= 15 is 0 Å². The summed E-state index contributed by atoms with van der Waals surface area (Å²) in [6.07, 6.45) is 1.70. The molecule has 0 aliphatic rings. The number of rotatable bonds is 0. The molecule has 0 aliphatic heterocycles. The van der Waals surface area contributed by atoms with Gasteiger partial charge in [0.15, 0.2) is 0 Å². The summed E-state index contributed by atoms with van der Waals surface area (Å²) in [5, 5.41) is 0. The lowest BCUT2D eigenvalue weighted by atomic mass is 9.92. The molecule has 0 saturated carbocycles. The van der Waals surface area contributed by atoms with Gasteiger partial charge in [-0.15, -0.1) is 0 Å². The predicted molar refractivity (Wildman–Crippen MR) is 63.8 cm³/mol. The van der Waals surface area contributed by atoms with Crippen LogP contribution in [0.3, 0.4) is 0 Å². The Labute approximate surface area is 96.7 Å². The van der Waals surface area contributed by atoms with Crippen molar-refractivity contribution in [2.45, 2.75) is 26.2 Å². The minimum atomic E-state index is -0.0195. The minimum absolute atomic E-state index is 0.0195. The largest absolute Gasteiger partial charge is 0.385 e. The summed E-state index contributed by atoms with van der Waals surface area (Å²) in [4.78, 5) is 8.65. The fourth-order valence-corrected chi connectivity index (χ4v) is 1.83. The van der Waals surface area contributed by atoms with E-state index in [0.717, 1.165) is 10.3 Å². The SMILES string of the molecule is CC(C)(C)c1cc(N)n2c(Br)cnc2n1. The summed E-state index contributed by atoms with van der Waals surface area (Å²) >= 11 is 3.37. The van der Waals surface area contributed by atoms with Crippen LogP contribution in [0.4, 0.5) is 5.82 Å². The van der Waals surface area contributed by atoms with Gasteiger partial charge in [-0.25, -0.2) is 9.97 Å². The lowest BCUT2D eigenvalue weighted by molar-refractivity contribution is 0.569. The average Bonchev–Trinajstić information content (AvgIpc) is 2.46. The van der Waals surface area contributed by atoms with Gasteiger partial charge in [0.05, 0.1) is 11.9 Å². The Morgan fingerprint density at radius 3 is 2.67 bits per heavy atom. The molecule has 0 fully saturated rings. The maximum Gasteiger partial charge on any atom is 0.236 e. The molecule has 2 aromatic rings. The molecule has 0 atom stereocenters. The fraction of sp³-hybridized carbons (Fsp3) is 0.400. The van der Waals surface area contributed by atoms with Crippen molar-refractivity contribution in [2.24, 2.45) is 0 Å². The van der Waals surface area contributed by atoms with E-state index in [-0.39, 0.29) is 5.41 Å². The molecule has 2 N–H and O–H groups in total. The van der Waals surface area contributed by atoms with E-state index in [4.69, 9.17) is 5.73 Å². The Bertz CT molecular complexity index is 510. The number of hydrogen-bond acceptors (Lipinski definition) is 3. The highest BCUT2D eigenvalue weighted by Crippen LogP contribution is 2.24. The first-order chi connectivity index (χ1) is 6.89. The summed E-state index contributed by atoms with van der Waals surface area (Å²) < 4.78 is 2.60. The number of nitrogens with two attached hydrogens (primary N) is 1. The van der Waals surface area contributed by atoms with Gasteiger partial charge in [-0.05, 0) is 15.9 Å². The number of aromatic nitrogens is 3. The van der Waals surface area contributed by atoms with Crippen LogP contribution in [0.25, 0.3) is 5.78 Å². The lowest BCUT2D eigenvalue weighted by Gasteiger charge is -2.18. The third-order valence-electron chi connectivity index (χ3n) is 2.23. The first-order valence-corrected chi connectivity index (χ1v) is 5.49. The third-order valence-corrected chi connectivity index (χ3v) is 2.79. The Kier molecular flexibility index (Phi) is 2.22. The molecule has 4 nitrogen and oxygen atoms in total. The van der Waals surface area contributed by atoms with E-state index in [1.165, 1.54) is 0 Å². The van der Waals surface area contributed by atoms with Crippen LogP contribution in [0.15, 0.2) is 16.9 Å². The zero-order valence-electron chi connectivity index (χ0n) is 8.95. The van der Waals surface area contributed by atoms with Gasteiger partial charge in [-0.2, -0.15) is 0 Å². The first-order valence-electron chi connectivity index (χ1n) is 4.69. The van der Waals surface area contributed by atoms with Gasteiger partial charge in [0.2, 0.25) is 5.78 Å². The van der Waals surface area contributed by atoms with E-state index in [1.54, 1.807) is 10.6 Å². The van der Waals surface area contributed by atoms with E-state index in [0.29, 0.717) is 11.6 Å². The van der Waals surface area contributed by atoms with E-state index in [2.05, 4.69) is 46.7 Å². The van der Waals surface area contributed by atoms with Crippen LogP contribution in [0.5, 0.6) is 0 Å². The highest BCUT2D eigenvalue weighted by molar-refractivity contribution is 9.10. The van der Waals surface area contributed by atoms with Crippen molar-refractivity contribution in [2.75, 3.05) is 5.73 Å². The van der Waals surface area contributed by atoms with E-state index in [9.17, 15) is 0 Å². The molecule has 0 saturated heterocycles. The van der Waals surface area contributed by atoms with Gasteiger partial charge < -0.3 is 5.73 Å². The summed E-state index contributed by atoms with van der Waals surface area (Å²) in [5.74, 6) is 1.28. The molecule has 0 bridgehead atoms. The number of nitrogens with zero attached hydrogens (tertiary/aromatic N) is 3. The average molecular weight is 269 g/mol. The van der Waals surface area contributed by atoms with Crippen LogP contribution in [-0.4, -0.2) is 14.4 Å². The number of nitrogen functional groups attached to an aromatic ring is 1. The number of hydrogen-bond donors (Lipinski definition) is 1. The maximum atomic E-state index is 5.95. The summed E-state index contributed by atoms with van der Waals surface area (Å²) in [6.45, 7) is 6.30. The van der Waals surface area contributed by atoms with Gasteiger partial charge in [0.1, 0.15) is 10.4 Å². The van der Waals surface area contributed by atoms with Gasteiger partial charge >= 0.3 is 0 Å². The van der Waals surface area contributed by atoms with Gasteiger partial charge in [-0.1, -0.05) is 20.8 Å². The van der Waals surface area contributed by atoms with E-state index in [1.807, 2.05) is 6.07 Å². The predicted octanol–water partition coefficient (Wildman–Crippen LogP) is 2.37. The molecule has 5 heteroatoms. The highest BCUT2D eigenvalue weighted by atomic mass is 79.9. The Balaban J connectivity index is 2.74. The molecule has 0 aromatic carbocycles. The van der Waals surface area contributed by atoms with Gasteiger partial charge in [0.25, 0.3) is 0 Å². The topological polar surface area (TPSA) is 56.2 Å². The highest BCUT2D eigenvalue weighted by Gasteiger charge is 2.18. The fourth-order valence-electron chi connectivity index (χ4n) is 1.37. The van der Waals surface area contributed by atoms with Crippen molar-refractivity contribution in [3.63, 3.8) is 0 Å². The summed E-state index contributed by atoms with van der Waals surface area (Å²) in [6, 6.07) is 1.89. The summed E-state index contributed by atoms with van der Waals surface area (Å²) in [5.41, 5.74) is 6.88. The van der Waals surface area contributed by atoms with Crippen molar-refractivity contribution in [3.05, 3.63) is 22.6 Å². The normalized spacial score (nSPS) is 12.3. The lowest BCUT2D eigenvalue weighted by Crippen LogP contribution is -2.15. The van der Waals surface area contributed by atoms with Crippen molar-refractivity contribution in [1.29, 1.82) is 0 Å². The monoisotopic (exact) mass is 268 g/mol. The van der Waals surface area contributed by atoms with E-state index < -0.39 is 0 Å². The Hall–Kier alpha value is -1.10. The molecule has 0 radical (unpaired) electrons. The molecule has 15 heavy (non-hydrogen) atoms. The number of halogens is 1. The van der Waals surface area contributed by atoms with Crippen LogP contribution < -0.4 is 5.73 Å². The molecule has 2 aromatic heterocycles. The second-order valence-electron chi connectivity index (χ2n) is 4.53. The molecular weight excluding hydrogens is 256 g/mol. The summed E-state index contributed by atoms with van der Waals surface area (Å²) in [7, 11) is 0. The molecule has 0 unspecified atom stereocenters. The number of fused-ring (bicyclic) bond motifs is 1. The van der Waals surface area contributed by atoms with Crippen molar-refractivity contribution < 1.29 is 0 Å². The molecule has 0 amide bonds. The molecule has 2 heterocycles. The van der Waals surface area contributed by atoms with Crippen LogP contribution in [0.1, 0.15) is 26.5 Å². The second-order valence-corrected chi connectivity index (χ2v) is 5.35. The van der Waals surface area contributed by atoms with Gasteiger partial charge in [0, 0.05) is 11.5 Å². The van der Waals surface area contributed by atoms with Gasteiger partial charge in [-0.3, -0.25) is 4.40 Å². The van der Waals surface area contributed by atoms with Crippen LogP contribution >= 0.6 is 15.9 Å². The smallest absolute Gasteiger partial charge is 0.236 e. The molecule has 0 spiro atoms. The second kappa shape index (κ2) is 3.20. The van der Waals surface area contributed by atoms with Crippen molar-refractivity contribution in [1.82, 2.24) is 14.4 Å². The van der Waals surface area contributed by atoms with Crippen molar-refractivity contribution >= 4 is 27.5 Å².